The van der Waals surface area contributed by atoms with Gasteiger partial charge in [0.1, 0.15) is 5.01 Å². The summed E-state index contributed by atoms with van der Waals surface area (Å²) in [6, 6.07) is 15.3. The largest absolute Gasteiger partial charge is 0.323 e. The Hall–Kier alpha value is -3.25. The molecule has 0 radical (unpaired) electrons. The Morgan fingerprint density at radius 1 is 1.11 bits per heavy atom. The van der Waals surface area contributed by atoms with Crippen LogP contribution in [0.1, 0.15) is 18.4 Å². The molecule has 0 atom stereocenters. The van der Waals surface area contributed by atoms with Gasteiger partial charge in [0.05, 0.1) is 0 Å². The topological polar surface area (TPSA) is 62.3 Å². The third-order valence-corrected chi connectivity index (χ3v) is 5.36. The molecule has 2 heterocycles. The van der Waals surface area contributed by atoms with E-state index in [1.807, 2.05) is 53.9 Å². The molecule has 2 amide bonds. The predicted octanol–water partition coefficient (Wildman–Crippen LogP) is 4.59. The fraction of sp³-hybridized carbons (Fsp3) is 0.136. The van der Waals surface area contributed by atoms with Crippen LogP contribution < -0.4 is 10.2 Å². The van der Waals surface area contributed by atoms with E-state index in [4.69, 9.17) is 0 Å². The first-order chi connectivity index (χ1) is 13.7. The fourth-order valence-corrected chi connectivity index (χ4v) is 3.75. The van der Waals surface area contributed by atoms with E-state index in [1.165, 1.54) is 6.08 Å². The van der Waals surface area contributed by atoms with Crippen molar-refractivity contribution in [3.8, 4) is 10.6 Å². The Balaban J connectivity index is 1.35. The number of nitrogens with zero attached hydrogens (tertiary/aromatic N) is 2. The van der Waals surface area contributed by atoms with Crippen LogP contribution in [0, 0.1) is 0 Å². The van der Waals surface area contributed by atoms with E-state index in [1.54, 1.807) is 28.5 Å². The summed E-state index contributed by atoms with van der Waals surface area (Å²) in [6.45, 7) is 0.776. The van der Waals surface area contributed by atoms with Crippen molar-refractivity contribution in [2.45, 2.75) is 12.8 Å². The average Bonchev–Trinajstić information content (AvgIpc) is 3.39. The van der Waals surface area contributed by atoms with Crippen LogP contribution in [0.5, 0.6) is 0 Å². The molecule has 0 unspecified atom stereocenters. The SMILES string of the molecule is O=C(/C=C/c1ccc(N2CCCC2=O)cc1)Nc1ccc(-c2nccs2)cc1. The lowest BCUT2D eigenvalue weighted by atomic mass is 10.2. The molecule has 140 valence electrons. The van der Waals surface area contributed by atoms with Crippen LogP contribution in [0.25, 0.3) is 16.6 Å². The Bertz CT molecular complexity index is 993. The van der Waals surface area contributed by atoms with Crippen molar-refractivity contribution >= 4 is 40.6 Å². The third-order valence-electron chi connectivity index (χ3n) is 4.54. The summed E-state index contributed by atoms with van der Waals surface area (Å²) >= 11 is 1.58. The number of rotatable bonds is 5. The number of hydrogen-bond acceptors (Lipinski definition) is 4. The third kappa shape index (κ3) is 4.18. The predicted molar refractivity (Wildman–Crippen MR) is 113 cm³/mol. The second-order valence-corrected chi connectivity index (χ2v) is 7.37. The highest BCUT2D eigenvalue weighted by molar-refractivity contribution is 7.13. The molecule has 0 aliphatic carbocycles. The Labute approximate surface area is 167 Å². The van der Waals surface area contributed by atoms with E-state index >= 15 is 0 Å². The van der Waals surface area contributed by atoms with Crippen molar-refractivity contribution in [3.05, 3.63) is 71.7 Å². The van der Waals surface area contributed by atoms with E-state index < -0.39 is 0 Å². The molecule has 6 heteroatoms. The standard InChI is InChI=1S/C22H19N3O2S/c26-20(24-18-8-6-17(7-9-18)22-23-13-15-28-22)12-5-16-3-10-19(11-4-16)25-14-1-2-21(25)27/h3-13,15H,1-2,14H2,(H,24,26)/b12-5+. The molecule has 5 nitrogen and oxygen atoms in total. The van der Waals surface area contributed by atoms with E-state index in [9.17, 15) is 9.59 Å². The Kier molecular flexibility index (Phi) is 5.30. The number of carbonyl (C=O) groups is 2. The fourth-order valence-electron chi connectivity index (χ4n) is 3.10. The van der Waals surface area contributed by atoms with Crippen LogP contribution in [-0.2, 0) is 9.59 Å². The van der Waals surface area contributed by atoms with Gasteiger partial charge in [-0.2, -0.15) is 0 Å². The van der Waals surface area contributed by atoms with E-state index in [0.29, 0.717) is 6.42 Å². The first-order valence-corrected chi connectivity index (χ1v) is 9.96. The first-order valence-electron chi connectivity index (χ1n) is 9.08. The average molecular weight is 389 g/mol. The molecule has 0 spiro atoms. The number of thiazole rings is 1. The highest BCUT2D eigenvalue weighted by atomic mass is 32.1. The van der Waals surface area contributed by atoms with Gasteiger partial charge in [-0.3, -0.25) is 9.59 Å². The quantitative estimate of drug-likeness (QED) is 0.649. The minimum Gasteiger partial charge on any atom is -0.323 e. The molecule has 3 aromatic rings. The molecule has 1 N–H and O–H groups in total. The van der Waals surface area contributed by atoms with Crippen LogP contribution in [0.2, 0.25) is 0 Å². The van der Waals surface area contributed by atoms with Gasteiger partial charge in [0, 0.05) is 47.6 Å². The Morgan fingerprint density at radius 3 is 2.54 bits per heavy atom. The van der Waals surface area contributed by atoms with Crippen LogP contribution in [0.15, 0.2) is 66.2 Å². The van der Waals surface area contributed by atoms with Crippen LogP contribution in [0.4, 0.5) is 11.4 Å². The number of anilines is 2. The molecule has 1 aliphatic heterocycles. The number of hydrogen-bond donors (Lipinski definition) is 1. The van der Waals surface area contributed by atoms with Gasteiger partial charge in [-0.25, -0.2) is 4.98 Å². The van der Waals surface area contributed by atoms with Crippen LogP contribution in [-0.4, -0.2) is 23.3 Å². The van der Waals surface area contributed by atoms with Crippen LogP contribution in [0.3, 0.4) is 0 Å². The summed E-state index contributed by atoms with van der Waals surface area (Å²) in [5.74, 6) is -0.0238. The molecule has 0 bridgehead atoms. The molecule has 28 heavy (non-hydrogen) atoms. The number of amides is 2. The minimum absolute atomic E-state index is 0.170. The van der Waals surface area contributed by atoms with Crippen molar-refractivity contribution in [1.82, 2.24) is 4.98 Å². The summed E-state index contributed by atoms with van der Waals surface area (Å²) in [5, 5.41) is 5.74. The zero-order valence-corrected chi connectivity index (χ0v) is 16.0. The summed E-state index contributed by atoms with van der Waals surface area (Å²) in [7, 11) is 0. The van der Waals surface area contributed by atoms with Crippen LogP contribution >= 0.6 is 11.3 Å². The van der Waals surface area contributed by atoms with Gasteiger partial charge >= 0.3 is 0 Å². The maximum absolute atomic E-state index is 12.2. The normalized spacial score (nSPS) is 14.0. The lowest BCUT2D eigenvalue weighted by Crippen LogP contribution is -2.23. The number of nitrogens with one attached hydrogen (secondary N) is 1. The number of aromatic nitrogens is 1. The second-order valence-electron chi connectivity index (χ2n) is 6.48. The maximum Gasteiger partial charge on any atom is 0.248 e. The van der Waals surface area contributed by atoms with E-state index in [-0.39, 0.29) is 11.8 Å². The van der Waals surface area contributed by atoms with Crippen molar-refractivity contribution in [2.24, 2.45) is 0 Å². The monoisotopic (exact) mass is 389 g/mol. The molecule has 1 fully saturated rings. The maximum atomic E-state index is 12.2. The molecular weight excluding hydrogens is 370 g/mol. The van der Waals surface area contributed by atoms with Gasteiger partial charge in [0.15, 0.2) is 0 Å². The van der Waals surface area contributed by atoms with Gasteiger partial charge in [0.25, 0.3) is 0 Å². The lowest BCUT2D eigenvalue weighted by Gasteiger charge is -2.15. The lowest BCUT2D eigenvalue weighted by molar-refractivity contribution is -0.117. The minimum atomic E-state index is -0.194. The summed E-state index contributed by atoms with van der Waals surface area (Å²) in [4.78, 5) is 30.0. The molecule has 1 saturated heterocycles. The molecule has 4 rings (SSSR count). The summed E-state index contributed by atoms with van der Waals surface area (Å²) < 4.78 is 0. The van der Waals surface area contributed by atoms with Gasteiger partial charge in [-0.15, -0.1) is 11.3 Å². The molecular formula is C22H19N3O2S. The van der Waals surface area contributed by atoms with E-state index in [2.05, 4.69) is 10.3 Å². The number of benzene rings is 2. The first kappa shape index (κ1) is 18.1. The number of carbonyl (C=O) groups excluding carboxylic acids is 2. The molecule has 1 aromatic heterocycles. The highest BCUT2D eigenvalue weighted by Crippen LogP contribution is 2.24. The van der Waals surface area contributed by atoms with Crippen molar-refractivity contribution < 1.29 is 9.59 Å². The van der Waals surface area contributed by atoms with Crippen molar-refractivity contribution in [3.63, 3.8) is 0 Å². The molecule has 1 aliphatic rings. The molecule has 2 aromatic carbocycles. The van der Waals surface area contributed by atoms with Gasteiger partial charge < -0.3 is 10.2 Å². The summed E-state index contributed by atoms with van der Waals surface area (Å²) in [5.41, 5.74) is 3.58. The van der Waals surface area contributed by atoms with Gasteiger partial charge in [-0.1, -0.05) is 12.1 Å². The van der Waals surface area contributed by atoms with Crippen molar-refractivity contribution in [2.75, 3.05) is 16.8 Å². The molecule has 0 saturated carbocycles. The van der Waals surface area contributed by atoms with E-state index in [0.717, 1.165) is 40.5 Å². The highest BCUT2D eigenvalue weighted by Gasteiger charge is 2.21. The zero-order chi connectivity index (χ0) is 19.3. The Morgan fingerprint density at radius 2 is 1.89 bits per heavy atom. The summed E-state index contributed by atoms with van der Waals surface area (Å²) in [6.07, 6.45) is 6.56. The van der Waals surface area contributed by atoms with Crippen molar-refractivity contribution in [1.29, 1.82) is 0 Å². The zero-order valence-electron chi connectivity index (χ0n) is 15.2. The smallest absolute Gasteiger partial charge is 0.248 e. The van der Waals surface area contributed by atoms with Gasteiger partial charge in [0.2, 0.25) is 11.8 Å². The second kappa shape index (κ2) is 8.19. The van der Waals surface area contributed by atoms with Gasteiger partial charge in [-0.05, 0) is 54.5 Å².